The van der Waals surface area contributed by atoms with Gasteiger partial charge < -0.3 is 5.32 Å². The summed E-state index contributed by atoms with van der Waals surface area (Å²) in [5.74, 6) is 0.511. The zero-order valence-corrected chi connectivity index (χ0v) is 12.8. The maximum Gasteiger partial charge on any atom is 0.243 e. The molecule has 2 aromatic heterocycles. The summed E-state index contributed by atoms with van der Waals surface area (Å²) in [7, 11) is 1.90. The third kappa shape index (κ3) is 3.59. The lowest BCUT2D eigenvalue weighted by atomic mass is 10.2. The van der Waals surface area contributed by atoms with Crippen molar-refractivity contribution < 1.29 is 0 Å². The van der Waals surface area contributed by atoms with Crippen LogP contribution in [0.1, 0.15) is 5.56 Å². The maximum absolute atomic E-state index is 5.89. The summed E-state index contributed by atoms with van der Waals surface area (Å²) in [4.78, 5) is 4.46. The van der Waals surface area contributed by atoms with E-state index in [0.29, 0.717) is 11.0 Å². The smallest absolute Gasteiger partial charge is 0.243 e. The number of rotatable bonds is 5. The van der Waals surface area contributed by atoms with E-state index in [1.54, 1.807) is 10.9 Å². The SMILES string of the molecule is Cn1cc(CCNc2nncc(-c3ccc(Cl)cc3)n2)cn1. The second-order valence-corrected chi connectivity index (χ2v) is 5.31. The molecule has 0 fully saturated rings. The minimum absolute atomic E-state index is 0.511. The molecule has 0 amide bonds. The fourth-order valence-corrected chi connectivity index (χ4v) is 2.18. The molecule has 0 saturated heterocycles. The molecule has 0 aliphatic rings. The Morgan fingerprint density at radius 1 is 1.18 bits per heavy atom. The lowest BCUT2D eigenvalue weighted by Gasteiger charge is -2.05. The maximum atomic E-state index is 5.89. The summed E-state index contributed by atoms with van der Waals surface area (Å²) in [6.07, 6.45) is 6.33. The van der Waals surface area contributed by atoms with Crippen LogP contribution in [0.4, 0.5) is 5.95 Å². The molecule has 0 aliphatic carbocycles. The summed E-state index contributed by atoms with van der Waals surface area (Å²) in [6.45, 7) is 0.720. The van der Waals surface area contributed by atoms with Crippen molar-refractivity contribution in [2.75, 3.05) is 11.9 Å². The Bertz CT molecular complexity index is 753. The number of nitrogens with one attached hydrogen (secondary N) is 1. The summed E-state index contributed by atoms with van der Waals surface area (Å²) in [6, 6.07) is 7.47. The van der Waals surface area contributed by atoms with Gasteiger partial charge in [0, 0.05) is 30.4 Å². The second-order valence-electron chi connectivity index (χ2n) is 4.87. The number of benzene rings is 1. The van der Waals surface area contributed by atoms with Gasteiger partial charge in [-0.25, -0.2) is 4.98 Å². The van der Waals surface area contributed by atoms with E-state index in [0.717, 1.165) is 29.8 Å². The Kier molecular flexibility index (Phi) is 4.29. The van der Waals surface area contributed by atoms with E-state index in [1.807, 2.05) is 43.7 Å². The summed E-state index contributed by atoms with van der Waals surface area (Å²) in [5, 5.41) is 16.0. The van der Waals surface area contributed by atoms with Crippen molar-refractivity contribution in [3.8, 4) is 11.3 Å². The average molecular weight is 315 g/mol. The van der Waals surface area contributed by atoms with Gasteiger partial charge in [0.15, 0.2) is 0 Å². The van der Waals surface area contributed by atoms with E-state index < -0.39 is 0 Å². The van der Waals surface area contributed by atoms with Crippen molar-refractivity contribution in [3.63, 3.8) is 0 Å². The van der Waals surface area contributed by atoms with Gasteiger partial charge >= 0.3 is 0 Å². The Labute approximate surface area is 133 Å². The van der Waals surface area contributed by atoms with Crippen LogP contribution in [0.25, 0.3) is 11.3 Å². The summed E-state index contributed by atoms with van der Waals surface area (Å²) < 4.78 is 1.79. The van der Waals surface area contributed by atoms with Crippen molar-refractivity contribution in [1.29, 1.82) is 0 Å². The van der Waals surface area contributed by atoms with E-state index in [2.05, 4.69) is 25.6 Å². The van der Waals surface area contributed by atoms with Gasteiger partial charge in [-0.15, -0.1) is 5.10 Å². The van der Waals surface area contributed by atoms with E-state index in [9.17, 15) is 0 Å². The Morgan fingerprint density at radius 3 is 2.73 bits per heavy atom. The average Bonchev–Trinajstić information content (AvgIpc) is 2.94. The second kappa shape index (κ2) is 6.53. The predicted molar refractivity (Wildman–Crippen MR) is 85.7 cm³/mol. The van der Waals surface area contributed by atoms with Gasteiger partial charge in [0.25, 0.3) is 0 Å². The fourth-order valence-electron chi connectivity index (χ4n) is 2.06. The molecular weight excluding hydrogens is 300 g/mol. The lowest BCUT2D eigenvalue weighted by Crippen LogP contribution is -2.08. The van der Waals surface area contributed by atoms with Crippen molar-refractivity contribution in [1.82, 2.24) is 25.0 Å². The van der Waals surface area contributed by atoms with Gasteiger partial charge in [-0.1, -0.05) is 23.7 Å². The molecule has 0 unspecified atom stereocenters. The van der Waals surface area contributed by atoms with E-state index >= 15 is 0 Å². The minimum atomic E-state index is 0.511. The Balaban J connectivity index is 1.65. The molecule has 0 saturated carbocycles. The number of halogens is 1. The molecule has 7 heteroatoms. The monoisotopic (exact) mass is 314 g/mol. The summed E-state index contributed by atoms with van der Waals surface area (Å²) in [5.41, 5.74) is 2.88. The Morgan fingerprint density at radius 2 is 2.00 bits per heavy atom. The van der Waals surface area contributed by atoms with E-state index in [4.69, 9.17) is 11.6 Å². The number of nitrogens with zero attached hydrogens (tertiary/aromatic N) is 5. The fraction of sp³-hybridized carbons (Fsp3) is 0.200. The van der Waals surface area contributed by atoms with Gasteiger partial charge in [0.05, 0.1) is 18.1 Å². The van der Waals surface area contributed by atoms with Gasteiger partial charge in [0.1, 0.15) is 0 Å². The molecule has 1 N–H and O–H groups in total. The quantitative estimate of drug-likeness (QED) is 0.784. The van der Waals surface area contributed by atoms with Crippen LogP contribution in [-0.2, 0) is 13.5 Å². The highest BCUT2D eigenvalue weighted by molar-refractivity contribution is 6.30. The van der Waals surface area contributed by atoms with Gasteiger partial charge in [-0.05, 0) is 24.1 Å². The zero-order chi connectivity index (χ0) is 15.4. The van der Waals surface area contributed by atoms with Crippen molar-refractivity contribution >= 4 is 17.5 Å². The number of hydrogen-bond donors (Lipinski definition) is 1. The summed E-state index contributed by atoms with van der Waals surface area (Å²) >= 11 is 5.89. The highest BCUT2D eigenvalue weighted by Crippen LogP contribution is 2.19. The van der Waals surface area contributed by atoms with Gasteiger partial charge in [-0.2, -0.15) is 10.2 Å². The molecule has 0 spiro atoms. The van der Waals surface area contributed by atoms with Crippen LogP contribution in [0, 0.1) is 0 Å². The highest BCUT2D eigenvalue weighted by atomic mass is 35.5. The molecular formula is C15H15ClN6. The number of aromatic nitrogens is 5. The Hall–Kier alpha value is -2.47. The first kappa shape index (κ1) is 14.5. The van der Waals surface area contributed by atoms with E-state index in [-0.39, 0.29) is 0 Å². The highest BCUT2D eigenvalue weighted by Gasteiger charge is 2.04. The van der Waals surface area contributed by atoms with Crippen LogP contribution in [-0.4, -0.2) is 31.5 Å². The first-order chi connectivity index (χ1) is 10.7. The predicted octanol–water partition coefficient (Wildman–Crippen LogP) is 2.58. The number of anilines is 1. The number of aryl methyl sites for hydroxylation is 1. The van der Waals surface area contributed by atoms with Crippen molar-refractivity contribution in [2.24, 2.45) is 7.05 Å². The topological polar surface area (TPSA) is 68.5 Å². The molecule has 2 heterocycles. The van der Waals surface area contributed by atoms with Crippen LogP contribution in [0.3, 0.4) is 0 Å². The molecule has 112 valence electrons. The van der Waals surface area contributed by atoms with Crippen molar-refractivity contribution in [3.05, 3.63) is 53.4 Å². The van der Waals surface area contributed by atoms with Crippen molar-refractivity contribution in [2.45, 2.75) is 6.42 Å². The first-order valence-electron chi connectivity index (χ1n) is 6.88. The first-order valence-corrected chi connectivity index (χ1v) is 7.25. The zero-order valence-electron chi connectivity index (χ0n) is 12.1. The molecule has 0 aliphatic heterocycles. The van der Waals surface area contributed by atoms with Crippen LogP contribution >= 0.6 is 11.6 Å². The van der Waals surface area contributed by atoms with Crippen LogP contribution in [0.2, 0.25) is 5.02 Å². The molecule has 0 atom stereocenters. The molecule has 3 aromatic rings. The van der Waals surface area contributed by atoms with Crippen LogP contribution in [0.15, 0.2) is 42.9 Å². The van der Waals surface area contributed by atoms with E-state index in [1.165, 1.54) is 0 Å². The lowest BCUT2D eigenvalue weighted by molar-refractivity contribution is 0.766. The molecule has 3 rings (SSSR count). The third-order valence-electron chi connectivity index (χ3n) is 3.15. The molecule has 22 heavy (non-hydrogen) atoms. The van der Waals surface area contributed by atoms with Gasteiger partial charge in [-0.3, -0.25) is 4.68 Å². The normalized spacial score (nSPS) is 10.6. The third-order valence-corrected chi connectivity index (χ3v) is 3.41. The molecule has 1 aromatic carbocycles. The standard InChI is InChI=1S/C15H15ClN6/c1-22-10-11(8-19-22)6-7-17-15-20-14(9-18-21-15)12-2-4-13(16)5-3-12/h2-5,8-10H,6-7H2,1H3,(H,17,20,21). The van der Waals surface area contributed by atoms with Gasteiger partial charge in [0.2, 0.25) is 5.95 Å². The molecule has 0 radical (unpaired) electrons. The number of hydrogen-bond acceptors (Lipinski definition) is 5. The largest absolute Gasteiger partial charge is 0.353 e. The molecule has 6 nitrogen and oxygen atoms in total. The molecule has 0 bridgehead atoms. The van der Waals surface area contributed by atoms with Crippen LogP contribution in [0.5, 0.6) is 0 Å². The minimum Gasteiger partial charge on any atom is -0.353 e. The van der Waals surface area contributed by atoms with Crippen LogP contribution < -0.4 is 5.32 Å².